The van der Waals surface area contributed by atoms with Crippen molar-refractivity contribution in [2.45, 2.75) is 0 Å². The molecule has 0 atom stereocenters. The Bertz CT molecular complexity index is 1100. The van der Waals surface area contributed by atoms with E-state index in [1.165, 1.54) is 0 Å². The fraction of sp³-hybridized carbons (Fsp3) is 0.182. The standard InChI is InChI=1S/C22H19Cl2N3O3S/c23-15-3-1-14(2-4-15)19-7-8-20(30-19)21(28)26-22(31)25-17-13-16(24)5-6-18(17)27-9-11-29-12-10-27/h1-8,13H,9-12H2,(H2,25,26,28,31). The maximum absolute atomic E-state index is 12.6. The van der Waals surface area contributed by atoms with E-state index in [4.69, 9.17) is 44.6 Å². The maximum atomic E-state index is 12.6. The average Bonchev–Trinajstić information content (AvgIpc) is 3.25. The minimum Gasteiger partial charge on any atom is -0.451 e. The van der Waals surface area contributed by atoms with Gasteiger partial charge in [-0.3, -0.25) is 10.1 Å². The van der Waals surface area contributed by atoms with Gasteiger partial charge in [-0.1, -0.05) is 23.2 Å². The third-order valence-electron chi connectivity index (χ3n) is 4.74. The van der Waals surface area contributed by atoms with Gasteiger partial charge in [0.25, 0.3) is 5.91 Å². The number of thiocarbonyl (C=S) groups is 1. The summed E-state index contributed by atoms with van der Waals surface area (Å²) in [5.41, 5.74) is 2.46. The lowest BCUT2D eigenvalue weighted by Crippen LogP contribution is -2.38. The summed E-state index contributed by atoms with van der Waals surface area (Å²) < 4.78 is 11.1. The van der Waals surface area contributed by atoms with E-state index in [9.17, 15) is 4.79 Å². The normalized spacial score (nSPS) is 13.7. The highest BCUT2D eigenvalue weighted by Crippen LogP contribution is 2.30. The largest absolute Gasteiger partial charge is 0.451 e. The second kappa shape index (κ2) is 9.70. The Kier molecular flexibility index (Phi) is 6.77. The molecule has 1 saturated heterocycles. The van der Waals surface area contributed by atoms with Gasteiger partial charge in [-0.2, -0.15) is 0 Å². The van der Waals surface area contributed by atoms with Gasteiger partial charge in [-0.15, -0.1) is 0 Å². The Morgan fingerprint density at radius 3 is 2.42 bits per heavy atom. The van der Waals surface area contributed by atoms with Crippen molar-refractivity contribution in [3.05, 3.63) is 70.4 Å². The third kappa shape index (κ3) is 5.37. The number of benzene rings is 2. The number of anilines is 2. The van der Waals surface area contributed by atoms with Gasteiger partial charge in [-0.25, -0.2) is 0 Å². The minimum absolute atomic E-state index is 0.145. The maximum Gasteiger partial charge on any atom is 0.293 e. The lowest BCUT2D eigenvalue weighted by molar-refractivity contribution is 0.0951. The Morgan fingerprint density at radius 2 is 1.68 bits per heavy atom. The number of nitrogens with one attached hydrogen (secondary N) is 2. The van der Waals surface area contributed by atoms with Gasteiger partial charge >= 0.3 is 0 Å². The van der Waals surface area contributed by atoms with Gasteiger partial charge in [-0.05, 0) is 66.8 Å². The molecule has 4 rings (SSSR count). The Labute approximate surface area is 195 Å². The van der Waals surface area contributed by atoms with Crippen LogP contribution in [0.2, 0.25) is 10.0 Å². The van der Waals surface area contributed by atoms with Crippen molar-refractivity contribution in [2.75, 3.05) is 36.5 Å². The minimum atomic E-state index is -0.451. The lowest BCUT2D eigenvalue weighted by atomic mass is 10.2. The Morgan fingerprint density at radius 1 is 0.968 bits per heavy atom. The highest BCUT2D eigenvalue weighted by molar-refractivity contribution is 7.80. The van der Waals surface area contributed by atoms with E-state index < -0.39 is 5.91 Å². The van der Waals surface area contributed by atoms with Gasteiger partial charge in [0.2, 0.25) is 0 Å². The zero-order valence-electron chi connectivity index (χ0n) is 16.4. The summed E-state index contributed by atoms with van der Waals surface area (Å²) >= 11 is 17.4. The summed E-state index contributed by atoms with van der Waals surface area (Å²) in [5.74, 6) is 0.256. The van der Waals surface area contributed by atoms with Gasteiger partial charge in [0.05, 0.1) is 24.6 Å². The van der Waals surface area contributed by atoms with Crippen LogP contribution in [0.25, 0.3) is 11.3 Å². The molecular weight excluding hydrogens is 457 g/mol. The van der Waals surface area contributed by atoms with Crippen LogP contribution in [0.3, 0.4) is 0 Å². The number of carbonyl (C=O) groups excluding carboxylic acids is 1. The monoisotopic (exact) mass is 475 g/mol. The first-order chi connectivity index (χ1) is 15.0. The molecule has 1 amide bonds. The third-order valence-corrected chi connectivity index (χ3v) is 5.44. The van der Waals surface area contributed by atoms with Crippen LogP contribution < -0.4 is 15.5 Å². The van der Waals surface area contributed by atoms with Crippen LogP contribution in [-0.4, -0.2) is 37.3 Å². The van der Waals surface area contributed by atoms with Crippen LogP contribution in [0.4, 0.5) is 11.4 Å². The smallest absolute Gasteiger partial charge is 0.293 e. The quantitative estimate of drug-likeness (QED) is 0.504. The highest BCUT2D eigenvalue weighted by atomic mass is 35.5. The molecule has 0 spiro atoms. The first-order valence-corrected chi connectivity index (χ1v) is 10.8. The summed E-state index contributed by atoms with van der Waals surface area (Å²) in [4.78, 5) is 14.8. The van der Waals surface area contributed by atoms with Crippen LogP contribution in [-0.2, 0) is 4.74 Å². The van der Waals surface area contributed by atoms with E-state index in [1.54, 1.807) is 30.3 Å². The zero-order valence-corrected chi connectivity index (χ0v) is 18.7. The second-order valence-corrected chi connectivity index (χ2v) is 8.12. The predicted octanol–water partition coefficient (Wildman–Crippen LogP) is 5.22. The van der Waals surface area contributed by atoms with Crippen molar-refractivity contribution >= 4 is 57.8 Å². The summed E-state index contributed by atoms with van der Waals surface area (Å²) in [6.07, 6.45) is 0. The molecule has 0 aliphatic carbocycles. The summed E-state index contributed by atoms with van der Waals surface area (Å²) in [6.45, 7) is 2.82. The fourth-order valence-electron chi connectivity index (χ4n) is 3.24. The summed E-state index contributed by atoms with van der Waals surface area (Å²) in [6, 6.07) is 16.0. The topological polar surface area (TPSA) is 66.7 Å². The molecule has 3 aromatic rings. The van der Waals surface area contributed by atoms with Crippen molar-refractivity contribution in [1.82, 2.24) is 5.32 Å². The first kappa shape index (κ1) is 21.6. The molecule has 0 saturated carbocycles. The molecule has 0 bridgehead atoms. The van der Waals surface area contributed by atoms with Gasteiger partial charge in [0, 0.05) is 28.7 Å². The molecule has 2 aromatic carbocycles. The van der Waals surface area contributed by atoms with Crippen LogP contribution in [0.1, 0.15) is 10.6 Å². The molecule has 0 radical (unpaired) electrons. The van der Waals surface area contributed by atoms with Crippen LogP contribution in [0.5, 0.6) is 0 Å². The molecule has 1 aliphatic heterocycles. The van der Waals surface area contributed by atoms with Crippen molar-refractivity contribution in [2.24, 2.45) is 0 Å². The SMILES string of the molecule is O=C(NC(=S)Nc1cc(Cl)ccc1N1CCOCC1)c1ccc(-c2ccc(Cl)cc2)o1. The number of nitrogens with zero attached hydrogens (tertiary/aromatic N) is 1. The molecule has 2 N–H and O–H groups in total. The van der Waals surface area contributed by atoms with Gasteiger partial charge in [0.1, 0.15) is 5.76 Å². The van der Waals surface area contributed by atoms with Crippen LogP contribution in [0, 0.1) is 0 Å². The summed E-state index contributed by atoms with van der Waals surface area (Å²) in [5, 5.41) is 7.05. The second-order valence-electron chi connectivity index (χ2n) is 6.84. The predicted molar refractivity (Wildman–Crippen MR) is 127 cm³/mol. The Balaban J connectivity index is 1.44. The number of hydrogen-bond acceptors (Lipinski definition) is 5. The molecule has 31 heavy (non-hydrogen) atoms. The molecule has 1 fully saturated rings. The molecule has 2 heterocycles. The molecule has 1 aromatic heterocycles. The number of furan rings is 1. The van der Waals surface area contributed by atoms with Crippen molar-refractivity contribution in [3.63, 3.8) is 0 Å². The average molecular weight is 476 g/mol. The van der Waals surface area contributed by atoms with E-state index in [0.29, 0.717) is 34.7 Å². The molecular formula is C22H19Cl2N3O3S. The number of ether oxygens (including phenoxy) is 1. The number of carbonyl (C=O) groups is 1. The zero-order chi connectivity index (χ0) is 21.8. The van der Waals surface area contributed by atoms with E-state index in [2.05, 4.69) is 15.5 Å². The number of halogens is 2. The molecule has 0 unspecified atom stereocenters. The van der Waals surface area contributed by atoms with Crippen molar-refractivity contribution in [1.29, 1.82) is 0 Å². The molecule has 1 aliphatic rings. The van der Waals surface area contributed by atoms with Crippen LogP contribution in [0.15, 0.2) is 59.0 Å². The molecule has 6 nitrogen and oxygen atoms in total. The number of amides is 1. The van der Waals surface area contributed by atoms with E-state index in [1.807, 2.05) is 24.3 Å². The van der Waals surface area contributed by atoms with Crippen molar-refractivity contribution < 1.29 is 13.9 Å². The van der Waals surface area contributed by atoms with Crippen molar-refractivity contribution in [3.8, 4) is 11.3 Å². The number of hydrogen-bond donors (Lipinski definition) is 2. The van der Waals surface area contributed by atoms with Gasteiger partial charge < -0.3 is 19.4 Å². The fourth-order valence-corrected chi connectivity index (χ4v) is 3.74. The lowest BCUT2D eigenvalue weighted by Gasteiger charge is -2.30. The highest BCUT2D eigenvalue weighted by Gasteiger charge is 2.18. The van der Waals surface area contributed by atoms with Gasteiger partial charge in [0.15, 0.2) is 10.9 Å². The summed E-state index contributed by atoms with van der Waals surface area (Å²) in [7, 11) is 0. The first-order valence-electron chi connectivity index (χ1n) is 9.60. The van der Waals surface area contributed by atoms with E-state index in [0.717, 1.165) is 24.3 Å². The van der Waals surface area contributed by atoms with Crippen LogP contribution >= 0.6 is 35.4 Å². The molecule has 9 heteroatoms. The van der Waals surface area contributed by atoms with E-state index in [-0.39, 0.29) is 10.9 Å². The Hall–Kier alpha value is -2.58. The number of morpholine rings is 1. The molecule has 160 valence electrons. The number of rotatable bonds is 4. The van der Waals surface area contributed by atoms with E-state index >= 15 is 0 Å².